The van der Waals surface area contributed by atoms with Gasteiger partial charge >= 0.3 is 10.2 Å². The van der Waals surface area contributed by atoms with E-state index in [4.69, 9.17) is 9.47 Å². The van der Waals surface area contributed by atoms with E-state index in [0.717, 1.165) is 6.20 Å². The summed E-state index contributed by atoms with van der Waals surface area (Å²) in [6.07, 6.45) is 0.878. The maximum Gasteiger partial charge on any atom is 0.326 e. The molecule has 0 fully saturated rings. The van der Waals surface area contributed by atoms with Crippen LogP contribution in [-0.4, -0.2) is 28.4 Å². The van der Waals surface area contributed by atoms with Gasteiger partial charge in [-0.15, -0.1) is 3.89 Å². The predicted molar refractivity (Wildman–Crippen MR) is 72.3 cm³/mol. The van der Waals surface area contributed by atoms with E-state index < -0.39 is 10.2 Å². The highest BCUT2D eigenvalue weighted by Crippen LogP contribution is 2.33. The zero-order valence-electron chi connectivity index (χ0n) is 11.1. The van der Waals surface area contributed by atoms with Crippen LogP contribution in [0.4, 0.5) is 9.57 Å². The third-order valence-electron chi connectivity index (χ3n) is 2.37. The summed E-state index contributed by atoms with van der Waals surface area (Å²) < 4.78 is 43.2. The monoisotopic (exact) mass is 303 g/mol. The normalized spacial score (nSPS) is 11.4. The predicted octanol–water partition coefficient (Wildman–Crippen LogP) is 2.09. The van der Waals surface area contributed by atoms with Crippen LogP contribution in [0, 0.1) is 0 Å². The SMILES string of the molecule is COc1cc(NC=CS(=O)(=O)F)c(C(C)=O)cc1OC. The van der Waals surface area contributed by atoms with Gasteiger partial charge in [0.2, 0.25) is 0 Å². The Morgan fingerprint density at radius 1 is 1.25 bits per heavy atom. The molecule has 6 nitrogen and oxygen atoms in total. The molecule has 20 heavy (non-hydrogen) atoms. The van der Waals surface area contributed by atoms with Gasteiger partial charge in [0.15, 0.2) is 17.3 Å². The molecule has 110 valence electrons. The first-order chi connectivity index (χ1) is 9.28. The molecule has 0 atom stereocenters. The average molecular weight is 303 g/mol. The standard InChI is InChI=1S/C12H14FNO5S/c1-8(15)9-6-11(18-2)12(19-3)7-10(9)14-4-5-20(13,16)17/h4-7,14H,1-3H3. The third-order valence-corrected chi connectivity index (χ3v) is 2.83. The molecular weight excluding hydrogens is 289 g/mol. The van der Waals surface area contributed by atoms with Crippen molar-refractivity contribution in [2.45, 2.75) is 6.92 Å². The molecule has 0 aliphatic rings. The van der Waals surface area contributed by atoms with E-state index in [1.807, 2.05) is 0 Å². The number of methoxy groups -OCH3 is 2. The zero-order valence-corrected chi connectivity index (χ0v) is 12.0. The number of Topliss-reactive ketones (excluding diaryl/α,β-unsaturated/α-hetero) is 1. The number of carbonyl (C=O) groups is 1. The first kappa shape index (κ1) is 16.0. The van der Waals surface area contributed by atoms with E-state index in [0.29, 0.717) is 16.9 Å². The van der Waals surface area contributed by atoms with Crippen LogP contribution in [0.15, 0.2) is 23.7 Å². The first-order valence-corrected chi connectivity index (χ1v) is 6.88. The Morgan fingerprint density at radius 3 is 2.25 bits per heavy atom. The molecule has 0 heterocycles. The van der Waals surface area contributed by atoms with E-state index in [1.165, 1.54) is 33.3 Å². The van der Waals surface area contributed by atoms with Crippen LogP contribution in [-0.2, 0) is 10.2 Å². The Labute approximate surface area is 116 Å². The summed E-state index contributed by atoms with van der Waals surface area (Å²) in [6, 6.07) is 2.89. The first-order valence-electron chi connectivity index (χ1n) is 5.43. The molecule has 1 rings (SSSR count). The third kappa shape index (κ3) is 4.23. The Morgan fingerprint density at radius 2 is 1.80 bits per heavy atom. The topological polar surface area (TPSA) is 81.7 Å². The molecule has 0 radical (unpaired) electrons. The molecule has 1 N–H and O–H groups in total. The van der Waals surface area contributed by atoms with E-state index in [9.17, 15) is 17.1 Å². The van der Waals surface area contributed by atoms with Gasteiger partial charge in [0.05, 0.1) is 25.3 Å². The van der Waals surface area contributed by atoms with Gasteiger partial charge in [0.25, 0.3) is 0 Å². The van der Waals surface area contributed by atoms with Crippen LogP contribution in [0.3, 0.4) is 0 Å². The molecule has 0 saturated heterocycles. The quantitative estimate of drug-likeness (QED) is 0.640. The zero-order chi connectivity index (χ0) is 15.3. The second kappa shape index (κ2) is 6.38. The Bertz CT molecular complexity index is 639. The van der Waals surface area contributed by atoms with E-state index in [1.54, 1.807) is 0 Å². The lowest BCUT2D eigenvalue weighted by molar-refractivity contribution is 0.101. The summed E-state index contributed by atoms with van der Waals surface area (Å²) >= 11 is 0. The molecule has 0 aromatic heterocycles. The highest BCUT2D eigenvalue weighted by molar-refractivity contribution is 7.89. The minimum Gasteiger partial charge on any atom is -0.493 e. The lowest BCUT2D eigenvalue weighted by atomic mass is 10.1. The number of rotatable bonds is 6. The maximum absolute atomic E-state index is 12.3. The number of hydrogen-bond donors (Lipinski definition) is 1. The van der Waals surface area contributed by atoms with Crippen LogP contribution in [0.5, 0.6) is 11.5 Å². The van der Waals surface area contributed by atoms with Crippen LogP contribution in [0.1, 0.15) is 17.3 Å². The fraction of sp³-hybridized carbons (Fsp3) is 0.250. The van der Waals surface area contributed by atoms with Gasteiger partial charge in [0, 0.05) is 17.8 Å². The van der Waals surface area contributed by atoms with Gasteiger partial charge < -0.3 is 14.8 Å². The smallest absolute Gasteiger partial charge is 0.326 e. The van der Waals surface area contributed by atoms with E-state index in [-0.39, 0.29) is 17.0 Å². The van der Waals surface area contributed by atoms with Crippen molar-refractivity contribution in [1.82, 2.24) is 0 Å². The summed E-state index contributed by atoms with van der Waals surface area (Å²) in [7, 11) is -1.91. The fourth-order valence-electron chi connectivity index (χ4n) is 1.49. The molecule has 0 aliphatic heterocycles. The highest BCUT2D eigenvalue weighted by Gasteiger charge is 2.13. The van der Waals surface area contributed by atoms with Gasteiger partial charge in [-0.3, -0.25) is 4.79 Å². The van der Waals surface area contributed by atoms with Gasteiger partial charge in [-0.25, -0.2) is 0 Å². The lowest BCUT2D eigenvalue weighted by Crippen LogP contribution is -2.02. The number of ether oxygens (including phenoxy) is 2. The van der Waals surface area contributed by atoms with Crippen LogP contribution < -0.4 is 14.8 Å². The second-order valence-electron chi connectivity index (χ2n) is 3.73. The van der Waals surface area contributed by atoms with Crippen LogP contribution in [0.2, 0.25) is 0 Å². The van der Waals surface area contributed by atoms with E-state index >= 15 is 0 Å². The number of anilines is 1. The number of halogens is 1. The number of benzene rings is 1. The number of hydrogen-bond acceptors (Lipinski definition) is 6. The van der Waals surface area contributed by atoms with Crippen molar-refractivity contribution >= 4 is 21.7 Å². The van der Waals surface area contributed by atoms with Crippen molar-refractivity contribution in [2.75, 3.05) is 19.5 Å². The van der Waals surface area contributed by atoms with Gasteiger partial charge in [0.1, 0.15) is 0 Å². The minimum absolute atomic E-state index is 0.253. The number of nitrogens with one attached hydrogen (secondary N) is 1. The summed E-state index contributed by atoms with van der Waals surface area (Å²) in [5, 5.41) is 2.86. The van der Waals surface area contributed by atoms with Crippen LogP contribution >= 0.6 is 0 Å². The summed E-state index contributed by atoms with van der Waals surface area (Å²) in [5.74, 6) is 0.423. The van der Waals surface area contributed by atoms with Crippen molar-refractivity contribution in [1.29, 1.82) is 0 Å². The molecule has 0 aliphatic carbocycles. The largest absolute Gasteiger partial charge is 0.493 e. The molecule has 8 heteroatoms. The van der Waals surface area contributed by atoms with Crippen molar-refractivity contribution in [3.8, 4) is 11.5 Å². The Hall–Kier alpha value is -2.09. The minimum atomic E-state index is -4.74. The van der Waals surface area contributed by atoms with Gasteiger partial charge in [-0.1, -0.05) is 0 Å². The van der Waals surface area contributed by atoms with Crippen molar-refractivity contribution in [3.63, 3.8) is 0 Å². The molecule has 0 amide bonds. The average Bonchev–Trinajstić information content (AvgIpc) is 2.36. The fourth-order valence-corrected chi connectivity index (χ4v) is 1.73. The van der Waals surface area contributed by atoms with E-state index in [2.05, 4.69) is 5.32 Å². The number of carbonyl (C=O) groups excluding carboxylic acids is 1. The molecular formula is C12H14FNO5S. The number of ketones is 1. The van der Waals surface area contributed by atoms with Gasteiger partial charge in [-0.05, 0) is 13.0 Å². The molecule has 0 unspecified atom stereocenters. The van der Waals surface area contributed by atoms with Crippen LogP contribution in [0.25, 0.3) is 0 Å². The molecule has 0 bridgehead atoms. The Balaban J connectivity index is 3.22. The summed E-state index contributed by atoms with van der Waals surface area (Å²) in [4.78, 5) is 11.5. The van der Waals surface area contributed by atoms with Crippen molar-refractivity contribution < 1.29 is 26.6 Å². The molecule has 0 saturated carbocycles. The molecule has 0 spiro atoms. The van der Waals surface area contributed by atoms with Gasteiger partial charge in [-0.2, -0.15) is 8.42 Å². The maximum atomic E-state index is 12.3. The highest BCUT2D eigenvalue weighted by atomic mass is 32.3. The van der Waals surface area contributed by atoms with Crippen molar-refractivity contribution in [2.24, 2.45) is 0 Å². The Kier molecular flexibility index (Phi) is 5.09. The molecule has 1 aromatic carbocycles. The second-order valence-corrected chi connectivity index (χ2v) is 4.95. The summed E-state index contributed by atoms with van der Waals surface area (Å²) in [5.41, 5.74) is 0.526. The van der Waals surface area contributed by atoms with Crippen molar-refractivity contribution in [3.05, 3.63) is 29.3 Å². The molecule has 1 aromatic rings. The lowest BCUT2D eigenvalue weighted by Gasteiger charge is -2.13. The summed E-state index contributed by atoms with van der Waals surface area (Å²) in [6.45, 7) is 1.34.